The molecule has 0 saturated carbocycles. The largest absolute Gasteiger partial charge is 0.393 e. The first-order chi connectivity index (χ1) is 5.93. The van der Waals surface area contributed by atoms with Crippen molar-refractivity contribution in [2.45, 2.75) is 32.3 Å². The Hall–Kier alpha value is -1.10. The van der Waals surface area contributed by atoms with E-state index in [1.165, 1.54) is 0 Å². The highest BCUT2D eigenvalue weighted by atomic mass is 16.3. The van der Waals surface area contributed by atoms with Gasteiger partial charge in [-0.3, -0.25) is 9.59 Å². The topological polar surface area (TPSA) is 106 Å². The molecule has 5 N–H and O–H groups in total. The molecule has 0 fully saturated rings. The number of carbonyl (C=O) groups is 2. The fourth-order valence-corrected chi connectivity index (χ4v) is 1.10. The quantitative estimate of drug-likeness (QED) is 0.504. The van der Waals surface area contributed by atoms with Crippen molar-refractivity contribution in [3.63, 3.8) is 0 Å². The number of hydrogen-bond donors (Lipinski definition) is 3. The highest BCUT2D eigenvalue weighted by molar-refractivity contribution is 5.78. The molecule has 0 rings (SSSR count). The van der Waals surface area contributed by atoms with E-state index in [1.54, 1.807) is 6.92 Å². The van der Waals surface area contributed by atoms with Crippen molar-refractivity contribution in [1.29, 1.82) is 0 Å². The van der Waals surface area contributed by atoms with Crippen LogP contribution < -0.4 is 11.5 Å². The summed E-state index contributed by atoms with van der Waals surface area (Å²) in [4.78, 5) is 21.2. The number of nitrogens with two attached hydrogens (primary N) is 2. The van der Waals surface area contributed by atoms with Gasteiger partial charge in [0.1, 0.15) is 0 Å². The minimum Gasteiger partial charge on any atom is -0.393 e. The molecule has 13 heavy (non-hydrogen) atoms. The van der Waals surface area contributed by atoms with E-state index in [9.17, 15) is 9.59 Å². The van der Waals surface area contributed by atoms with Gasteiger partial charge in [0.2, 0.25) is 11.8 Å². The molecule has 2 unspecified atom stereocenters. The molecule has 0 heterocycles. The third kappa shape index (κ3) is 6.10. The van der Waals surface area contributed by atoms with Crippen molar-refractivity contribution in [3.05, 3.63) is 0 Å². The molecule has 2 amide bonds. The molecule has 0 aromatic rings. The smallest absolute Gasteiger partial charge is 0.220 e. The summed E-state index contributed by atoms with van der Waals surface area (Å²) in [6.45, 7) is 1.57. The number of carbonyl (C=O) groups excluding carboxylic acids is 2. The molecule has 76 valence electrons. The standard InChI is InChI=1S/C8H16N2O3/c1-5(11)4-6(8(10)13)2-3-7(9)12/h5-6,11H,2-4H2,1H3,(H2,9,12)(H2,10,13). The maximum absolute atomic E-state index is 10.8. The second-order valence-corrected chi connectivity index (χ2v) is 3.19. The average molecular weight is 188 g/mol. The number of aliphatic hydroxyl groups excluding tert-OH is 1. The Morgan fingerprint density at radius 1 is 1.38 bits per heavy atom. The molecule has 0 saturated heterocycles. The number of amides is 2. The van der Waals surface area contributed by atoms with Gasteiger partial charge >= 0.3 is 0 Å². The molecule has 0 aliphatic rings. The maximum Gasteiger partial charge on any atom is 0.220 e. The van der Waals surface area contributed by atoms with E-state index in [-0.39, 0.29) is 12.8 Å². The SMILES string of the molecule is CC(O)CC(CCC(N)=O)C(N)=O. The van der Waals surface area contributed by atoms with Crippen LogP contribution in [-0.4, -0.2) is 23.0 Å². The Labute approximate surface area is 77.1 Å². The maximum atomic E-state index is 10.8. The van der Waals surface area contributed by atoms with Crippen LogP contribution in [0, 0.1) is 5.92 Å². The van der Waals surface area contributed by atoms with E-state index in [0.29, 0.717) is 6.42 Å². The van der Waals surface area contributed by atoms with Crippen molar-refractivity contribution in [3.8, 4) is 0 Å². The Morgan fingerprint density at radius 3 is 2.23 bits per heavy atom. The monoisotopic (exact) mass is 188 g/mol. The molecule has 0 aromatic carbocycles. The van der Waals surface area contributed by atoms with Crippen LogP contribution in [0.25, 0.3) is 0 Å². The molecular formula is C8H16N2O3. The van der Waals surface area contributed by atoms with E-state index in [2.05, 4.69) is 0 Å². The second-order valence-electron chi connectivity index (χ2n) is 3.19. The molecule has 5 heteroatoms. The van der Waals surface area contributed by atoms with Crippen LogP contribution in [0.15, 0.2) is 0 Å². The van der Waals surface area contributed by atoms with Gasteiger partial charge in [-0.05, 0) is 19.8 Å². The van der Waals surface area contributed by atoms with Crippen molar-refractivity contribution in [1.82, 2.24) is 0 Å². The fourth-order valence-electron chi connectivity index (χ4n) is 1.10. The number of hydrogen-bond acceptors (Lipinski definition) is 3. The highest BCUT2D eigenvalue weighted by Crippen LogP contribution is 2.12. The Balaban J connectivity index is 3.95. The van der Waals surface area contributed by atoms with Gasteiger partial charge in [0.25, 0.3) is 0 Å². The Kier molecular flexibility index (Phi) is 5.06. The van der Waals surface area contributed by atoms with Crippen LogP contribution in [0.5, 0.6) is 0 Å². The van der Waals surface area contributed by atoms with Gasteiger partial charge in [0, 0.05) is 12.3 Å². The Morgan fingerprint density at radius 2 is 1.92 bits per heavy atom. The molecule has 0 aliphatic carbocycles. The van der Waals surface area contributed by atoms with Gasteiger partial charge in [0.15, 0.2) is 0 Å². The van der Waals surface area contributed by atoms with Crippen LogP contribution in [0.3, 0.4) is 0 Å². The number of rotatable bonds is 6. The molecule has 0 radical (unpaired) electrons. The number of primary amides is 2. The van der Waals surface area contributed by atoms with Gasteiger partial charge in [-0.25, -0.2) is 0 Å². The van der Waals surface area contributed by atoms with Crippen molar-refractivity contribution in [2.75, 3.05) is 0 Å². The molecule has 5 nitrogen and oxygen atoms in total. The van der Waals surface area contributed by atoms with E-state index < -0.39 is 23.8 Å². The summed E-state index contributed by atoms with van der Waals surface area (Å²) in [5, 5.41) is 9.01. The molecular weight excluding hydrogens is 172 g/mol. The molecule has 2 atom stereocenters. The summed E-state index contributed by atoms with van der Waals surface area (Å²) in [7, 11) is 0. The molecule has 0 aromatic heterocycles. The van der Waals surface area contributed by atoms with E-state index >= 15 is 0 Å². The summed E-state index contributed by atoms with van der Waals surface area (Å²) in [5.74, 6) is -1.42. The summed E-state index contributed by atoms with van der Waals surface area (Å²) < 4.78 is 0. The lowest BCUT2D eigenvalue weighted by Crippen LogP contribution is -2.27. The Bertz CT molecular complexity index is 192. The lowest BCUT2D eigenvalue weighted by Gasteiger charge is -2.13. The minimum atomic E-state index is -0.592. The predicted molar refractivity (Wildman–Crippen MR) is 47.4 cm³/mol. The average Bonchev–Trinajstić information content (AvgIpc) is 1.96. The number of aliphatic hydroxyl groups is 1. The second kappa shape index (κ2) is 5.53. The molecule has 0 spiro atoms. The van der Waals surface area contributed by atoms with Gasteiger partial charge in [-0.15, -0.1) is 0 Å². The summed E-state index contributed by atoms with van der Waals surface area (Å²) in [5.41, 5.74) is 9.99. The van der Waals surface area contributed by atoms with Gasteiger partial charge in [-0.2, -0.15) is 0 Å². The van der Waals surface area contributed by atoms with Crippen LogP contribution in [0.2, 0.25) is 0 Å². The zero-order chi connectivity index (χ0) is 10.4. The normalized spacial score (nSPS) is 14.9. The van der Waals surface area contributed by atoms with Crippen molar-refractivity contribution in [2.24, 2.45) is 17.4 Å². The summed E-state index contributed by atoms with van der Waals surface area (Å²) in [6, 6.07) is 0. The van der Waals surface area contributed by atoms with Gasteiger partial charge in [0.05, 0.1) is 6.10 Å². The van der Waals surface area contributed by atoms with Crippen LogP contribution >= 0.6 is 0 Å². The predicted octanol–water partition coefficient (Wildman–Crippen LogP) is -0.876. The van der Waals surface area contributed by atoms with E-state index in [0.717, 1.165) is 0 Å². The summed E-state index contributed by atoms with van der Waals surface area (Å²) >= 11 is 0. The zero-order valence-corrected chi connectivity index (χ0v) is 7.69. The lowest BCUT2D eigenvalue weighted by molar-refractivity contribution is -0.123. The highest BCUT2D eigenvalue weighted by Gasteiger charge is 2.17. The van der Waals surface area contributed by atoms with E-state index in [1.807, 2.05) is 0 Å². The van der Waals surface area contributed by atoms with Crippen molar-refractivity contribution < 1.29 is 14.7 Å². The lowest BCUT2D eigenvalue weighted by atomic mass is 9.96. The third-order valence-corrected chi connectivity index (χ3v) is 1.77. The molecule has 0 bridgehead atoms. The van der Waals surface area contributed by atoms with Gasteiger partial charge < -0.3 is 16.6 Å². The minimum absolute atomic E-state index is 0.125. The summed E-state index contributed by atoms with van der Waals surface area (Å²) in [6.07, 6.45) is 0.128. The first-order valence-electron chi connectivity index (χ1n) is 4.19. The van der Waals surface area contributed by atoms with Crippen LogP contribution in [-0.2, 0) is 9.59 Å². The fraction of sp³-hybridized carbons (Fsp3) is 0.750. The third-order valence-electron chi connectivity index (χ3n) is 1.77. The zero-order valence-electron chi connectivity index (χ0n) is 7.69. The van der Waals surface area contributed by atoms with E-state index in [4.69, 9.17) is 16.6 Å². The van der Waals surface area contributed by atoms with Crippen molar-refractivity contribution >= 4 is 11.8 Å². The first-order valence-corrected chi connectivity index (χ1v) is 4.19. The van der Waals surface area contributed by atoms with Crippen LogP contribution in [0.1, 0.15) is 26.2 Å². The first kappa shape index (κ1) is 11.9. The van der Waals surface area contributed by atoms with Crippen LogP contribution in [0.4, 0.5) is 0 Å². The molecule has 0 aliphatic heterocycles. The van der Waals surface area contributed by atoms with Gasteiger partial charge in [-0.1, -0.05) is 0 Å².